The second-order valence-electron chi connectivity index (χ2n) is 4.69. The van der Waals surface area contributed by atoms with Crippen LogP contribution >= 0.6 is 11.5 Å². The van der Waals surface area contributed by atoms with Gasteiger partial charge in [-0.2, -0.15) is 0 Å². The van der Waals surface area contributed by atoms with Crippen molar-refractivity contribution in [2.75, 3.05) is 13.1 Å². The summed E-state index contributed by atoms with van der Waals surface area (Å²) < 4.78 is 3.86. The Morgan fingerprint density at radius 2 is 2.35 bits per heavy atom. The first kappa shape index (κ1) is 12.4. The molecule has 2 rings (SSSR count). The van der Waals surface area contributed by atoms with Crippen LogP contribution < -0.4 is 0 Å². The molecule has 0 radical (unpaired) electrons. The second kappa shape index (κ2) is 5.10. The lowest BCUT2D eigenvalue weighted by Crippen LogP contribution is -2.42. The molecular weight excluding hydrogens is 238 g/mol. The lowest BCUT2D eigenvalue weighted by Gasteiger charge is -2.29. The van der Waals surface area contributed by atoms with Crippen LogP contribution in [0.5, 0.6) is 0 Å². The smallest absolute Gasteiger partial charge is 0.267 e. The first-order valence-corrected chi connectivity index (χ1v) is 6.66. The first-order chi connectivity index (χ1) is 8.09. The fourth-order valence-corrected chi connectivity index (χ4v) is 2.79. The van der Waals surface area contributed by atoms with Crippen molar-refractivity contribution in [3.8, 4) is 0 Å². The molecule has 0 aromatic carbocycles. The van der Waals surface area contributed by atoms with Gasteiger partial charge >= 0.3 is 0 Å². The number of rotatable bonds is 2. The third-order valence-corrected chi connectivity index (χ3v) is 3.67. The zero-order chi connectivity index (χ0) is 12.4. The Hall–Kier alpha value is -1.01. The molecule has 1 atom stereocenters. The molecule has 5 nitrogen and oxygen atoms in total. The van der Waals surface area contributed by atoms with Gasteiger partial charge in [-0.15, -0.1) is 5.10 Å². The van der Waals surface area contributed by atoms with Gasteiger partial charge < -0.3 is 10.0 Å². The lowest BCUT2D eigenvalue weighted by molar-refractivity contribution is 0.0476. The molecule has 1 fully saturated rings. The van der Waals surface area contributed by atoms with E-state index in [4.69, 9.17) is 0 Å². The van der Waals surface area contributed by atoms with E-state index >= 15 is 0 Å². The Morgan fingerprint density at radius 3 is 3.00 bits per heavy atom. The number of aromatic nitrogens is 2. The Bertz CT molecular complexity index is 405. The first-order valence-electron chi connectivity index (χ1n) is 5.89. The Kier molecular flexibility index (Phi) is 3.73. The summed E-state index contributed by atoms with van der Waals surface area (Å²) >= 11 is 1.15. The van der Waals surface area contributed by atoms with E-state index in [-0.39, 0.29) is 11.8 Å². The van der Waals surface area contributed by atoms with Crippen LogP contribution in [0.25, 0.3) is 0 Å². The van der Waals surface area contributed by atoms with E-state index in [1.54, 1.807) is 4.90 Å². The maximum Gasteiger partial charge on any atom is 0.267 e. The molecule has 1 aliphatic heterocycles. The van der Waals surface area contributed by atoms with Gasteiger partial charge in [-0.05, 0) is 30.3 Å². The standard InChI is InChI=1S/C11H17N3O2S/c1-7(2)9-10(17-13-12-9)11(16)14-5-3-4-8(15)6-14/h7-8,15H,3-6H2,1-2H3. The van der Waals surface area contributed by atoms with Gasteiger partial charge in [-0.3, -0.25) is 4.79 Å². The van der Waals surface area contributed by atoms with Crippen LogP contribution in [0.2, 0.25) is 0 Å². The van der Waals surface area contributed by atoms with Crippen molar-refractivity contribution in [3.63, 3.8) is 0 Å². The van der Waals surface area contributed by atoms with Gasteiger partial charge in [-0.25, -0.2) is 0 Å². The highest BCUT2D eigenvalue weighted by atomic mass is 32.1. The van der Waals surface area contributed by atoms with Crippen LogP contribution in [0, 0.1) is 0 Å². The van der Waals surface area contributed by atoms with Gasteiger partial charge in [0.15, 0.2) is 0 Å². The maximum absolute atomic E-state index is 12.3. The van der Waals surface area contributed by atoms with Gasteiger partial charge in [0.1, 0.15) is 4.88 Å². The molecule has 0 aliphatic carbocycles. The van der Waals surface area contributed by atoms with Gasteiger partial charge in [0.25, 0.3) is 5.91 Å². The van der Waals surface area contributed by atoms with Crippen molar-refractivity contribution in [2.24, 2.45) is 0 Å². The van der Waals surface area contributed by atoms with E-state index in [1.165, 1.54) is 0 Å². The van der Waals surface area contributed by atoms with Crippen molar-refractivity contribution in [1.29, 1.82) is 0 Å². The molecule has 2 heterocycles. The van der Waals surface area contributed by atoms with Gasteiger partial charge in [0.2, 0.25) is 0 Å². The number of aliphatic hydroxyl groups is 1. The predicted molar refractivity (Wildman–Crippen MR) is 65.1 cm³/mol. The Labute approximate surface area is 105 Å². The summed E-state index contributed by atoms with van der Waals surface area (Å²) in [6, 6.07) is 0. The number of hydrogen-bond acceptors (Lipinski definition) is 5. The molecule has 6 heteroatoms. The summed E-state index contributed by atoms with van der Waals surface area (Å²) in [6.07, 6.45) is 1.24. The van der Waals surface area contributed by atoms with Gasteiger partial charge in [0, 0.05) is 13.1 Å². The number of hydrogen-bond donors (Lipinski definition) is 1. The van der Waals surface area contributed by atoms with Crippen molar-refractivity contribution < 1.29 is 9.90 Å². The number of piperidine rings is 1. The number of β-amino-alcohol motifs (C(OH)–C–C–N with tert-alkyl or cyclic N) is 1. The number of carbonyl (C=O) groups is 1. The number of nitrogens with zero attached hydrogens (tertiary/aromatic N) is 3. The van der Waals surface area contributed by atoms with Crippen LogP contribution in [-0.2, 0) is 0 Å². The molecule has 1 aromatic heterocycles. The SMILES string of the molecule is CC(C)c1nnsc1C(=O)N1CCCC(O)C1. The van der Waals surface area contributed by atoms with Crippen LogP contribution in [0.15, 0.2) is 0 Å². The number of carbonyl (C=O) groups excluding carboxylic acids is 1. The van der Waals surface area contributed by atoms with Crippen LogP contribution in [0.1, 0.15) is 48.0 Å². The van der Waals surface area contributed by atoms with Crippen molar-refractivity contribution >= 4 is 17.4 Å². The summed E-state index contributed by atoms with van der Waals surface area (Å²) in [5.41, 5.74) is 0.764. The molecule has 1 amide bonds. The topological polar surface area (TPSA) is 66.3 Å². The number of amides is 1. The molecule has 94 valence electrons. The predicted octanol–water partition coefficient (Wildman–Crippen LogP) is 1.26. The van der Waals surface area contributed by atoms with E-state index in [1.807, 2.05) is 13.8 Å². The molecule has 0 spiro atoms. The summed E-state index contributed by atoms with van der Waals surface area (Å²) in [5.74, 6) is 0.157. The van der Waals surface area contributed by atoms with E-state index in [0.717, 1.165) is 30.1 Å². The summed E-state index contributed by atoms with van der Waals surface area (Å²) in [7, 11) is 0. The minimum Gasteiger partial charge on any atom is -0.391 e. The summed E-state index contributed by atoms with van der Waals surface area (Å²) in [5, 5.41) is 13.6. The lowest BCUT2D eigenvalue weighted by atomic mass is 10.1. The Balaban J connectivity index is 2.16. The maximum atomic E-state index is 12.3. The van der Waals surface area contributed by atoms with E-state index in [2.05, 4.69) is 9.59 Å². The van der Waals surface area contributed by atoms with E-state index in [0.29, 0.717) is 18.0 Å². The molecule has 0 saturated carbocycles. The second-order valence-corrected chi connectivity index (χ2v) is 5.44. The fraction of sp³-hybridized carbons (Fsp3) is 0.727. The van der Waals surface area contributed by atoms with E-state index < -0.39 is 6.10 Å². The van der Waals surface area contributed by atoms with Crippen LogP contribution in [-0.4, -0.2) is 44.7 Å². The van der Waals surface area contributed by atoms with Crippen molar-refractivity contribution in [1.82, 2.24) is 14.5 Å². The molecule has 1 saturated heterocycles. The highest BCUT2D eigenvalue weighted by Gasteiger charge is 2.27. The highest BCUT2D eigenvalue weighted by molar-refractivity contribution is 7.08. The van der Waals surface area contributed by atoms with Crippen LogP contribution in [0.4, 0.5) is 0 Å². The van der Waals surface area contributed by atoms with Crippen molar-refractivity contribution in [3.05, 3.63) is 10.6 Å². The molecule has 17 heavy (non-hydrogen) atoms. The molecule has 1 unspecified atom stereocenters. The average molecular weight is 255 g/mol. The average Bonchev–Trinajstić information content (AvgIpc) is 2.77. The van der Waals surface area contributed by atoms with E-state index in [9.17, 15) is 9.90 Å². The summed E-state index contributed by atoms with van der Waals surface area (Å²) in [4.78, 5) is 14.6. The molecule has 1 aliphatic rings. The summed E-state index contributed by atoms with van der Waals surface area (Å²) in [6.45, 7) is 5.14. The third kappa shape index (κ3) is 2.63. The Morgan fingerprint density at radius 1 is 1.59 bits per heavy atom. The normalized spacial score (nSPS) is 20.9. The number of likely N-dealkylation sites (tertiary alicyclic amines) is 1. The largest absolute Gasteiger partial charge is 0.391 e. The highest BCUT2D eigenvalue weighted by Crippen LogP contribution is 2.23. The minimum atomic E-state index is -0.393. The third-order valence-electron chi connectivity index (χ3n) is 2.94. The van der Waals surface area contributed by atoms with Gasteiger partial charge in [-0.1, -0.05) is 18.3 Å². The molecule has 0 bridgehead atoms. The van der Waals surface area contributed by atoms with Crippen molar-refractivity contribution in [2.45, 2.75) is 38.7 Å². The zero-order valence-corrected chi connectivity index (χ0v) is 10.9. The quantitative estimate of drug-likeness (QED) is 0.864. The fourth-order valence-electron chi connectivity index (χ4n) is 2.01. The van der Waals surface area contributed by atoms with Gasteiger partial charge in [0.05, 0.1) is 11.8 Å². The molecular formula is C11H17N3O2S. The molecule has 1 N–H and O–H groups in total. The monoisotopic (exact) mass is 255 g/mol. The van der Waals surface area contributed by atoms with Crippen LogP contribution in [0.3, 0.4) is 0 Å². The minimum absolute atomic E-state index is 0.0394. The molecule has 1 aromatic rings. The number of aliphatic hydroxyl groups excluding tert-OH is 1. The zero-order valence-electron chi connectivity index (χ0n) is 10.1.